The van der Waals surface area contributed by atoms with Gasteiger partial charge >= 0.3 is 5.97 Å². The topological polar surface area (TPSA) is 83.8 Å². The maximum absolute atomic E-state index is 12.3. The minimum atomic E-state index is -1.21. The van der Waals surface area contributed by atoms with E-state index in [-0.39, 0.29) is 29.0 Å². The molecule has 0 spiro atoms. The van der Waals surface area contributed by atoms with Crippen molar-refractivity contribution in [2.24, 2.45) is 28.6 Å². The fourth-order valence-electron chi connectivity index (χ4n) is 7.21. The molecule has 4 aliphatic carbocycles. The van der Waals surface area contributed by atoms with Crippen LogP contribution in [-0.4, -0.2) is 40.3 Å². The largest absolute Gasteiger partial charge is 0.479 e. The van der Waals surface area contributed by atoms with E-state index in [4.69, 9.17) is 4.74 Å². The Labute approximate surface area is 160 Å². The Kier molecular flexibility index (Phi) is 4.21. The Morgan fingerprint density at radius 3 is 2.74 bits per heavy atom. The molecular formula is C22H30O5. The highest BCUT2D eigenvalue weighted by molar-refractivity contribution is 6.01. The van der Waals surface area contributed by atoms with Crippen LogP contribution in [0.3, 0.4) is 0 Å². The number of carbonyl (C=O) groups is 2. The Morgan fingerprint density at radius 2 is 2.07 bits per heavy atom. The Morgan fingerprint density at radius 1 is 1.33 bits per heavy atom. The number of ketones is 1. The van der Waals surface area contributed by atoms with E-state index in [0.29, 0.717) is 19.4 Å². The van der Waals surface area contributed by atoms with Crippen LogP contribution in [0.15, 0.2) is 23.8 Å². The summed E-state index contributed by atoms with van der Waals surface area (Å²) < 4.78 is 5.92. The van der Waals surface area contributed by atoms with Crippen molar-refractivity contribution >= 4 is 11.8 Å². The molecular weight excluding hydrogens is 344 g/mol. The van der Waals surface area contributed by atoms with Crippen molar-refractivity contribution in [3.63, 3.8) is 0 Å². The van der Waals surface area contributed by atoms with Gasteiger partial charge in [-0.2, -0.15) is 0 Å². The van der Waals surface area contributed by atoms with Gasteiger partial charge in [-0.25, -0.2) is 4.79 Å². The average Bonchev–Trinajstić information content (AvgIpc) is 2.89. The third-order valence-corrected chi connectivity index (χ3v) is 8.35. The highest BCUT2D eigenvalue weighted by atomic mass is 16.5. The SMILES string of the molecule is CCOC1(C(=O)O)CC[C@H]2[C@@H]3CCC4=CC(=O)C=C[C@]4(C)[C@@H]3C(O)C[C@@]21C. The van der Waals surface area contributed by atoms with Gasteiger partial charge in [0.15, 0.2) is 11.4 Å². The zero-order valence-corrected chi connectivity index (χ0v) is 16.4. The molecule has 0 radical (unpaired) electrons. The van der Waals surface area contributed by atoms with E-state index in [1.807, 2.05) is 19.9 Å². The summed E-state index contributed by atoms with van der Waals surface area (Å²) >= 11 is 0. The molecule has 0 amide bonds. The third-order valence-electron chi connectivity index (χ3n) is 8.35. The number of fused-ring (bicyclic) bond motifs is 5. The van der Waals surface area contributed by atoms with Gasteiger partial charge in [0, 0.05) is 23.4 Å². The van der Waals surface area contributed by atoms with Gasteiger partial charge in [0.2, 0.25) is 0 Å². The number of hydrogen-bond donors (Lipinski definition) is 2. The van der Waals surface area contributed by atoms with E-state index in [0.717, 1.165) is 24.8 Å². The first-order valence-corrected chi connectivity index (χ1v) is 10.2. The van der Waals surface area contributed by atoms with Crippen molar-refractivity contribution in [2.45, 2.75) is 64.6 Å². The number of hydrogen-bond acceptors (Lipinski definition) is 4. The lowest BCUT2D eigenvalue weighted by molar-refractivity contribution is -0.204. The van der Waals surface area contributed by atoms with Crippen molar-refractivity contribution in [1.82, 2.24) is 0 Å². The second kappa shape index (κ2) is 6.02. The van der Waals surface area contributed by atoms with E-state index >= 15 is 0 Å². The van der Waals surface area contributed by atoms with Crippen LogP contribution in [0, 0.1) is 28.6 Å². The number of carboxylic acid groups (broad SMARTS) is 1. The fourth-order valence-corrected chi connectivity index (χ4v) is 7.21. The monoisotopic (exact) mass is 374 g/mol. The van der Waals surface area contributed by atoms with E-state index in [1.54, 1.807) is 12.2 Å². The summed E-state index contributed by atoms with van der Waals surface area (Å²) in [6.07, 6.45) is 8.21. The molecule has 0 aromatic heterocycles. The molecule has 3 fully saturated rings. The Balaban J connectivity index is 1.76. The van der Waals surface area contributed by atoms with Crippen LogP contribution < -0.4 is 0 Å². The lowest BCUT2D eigenvalue weighted by Gasteiger charge is -2.59. The second-order valence-electron chi connectivity index (χ2n) is 9.32. The summed E-state index contributed by atoms with van der Waals surface area (Å²) in [4.78, 5) is 24.2. The average molecular weight is 374 g/mol. The molecule has 3 saturated carbocycles. The van der Waals surface area contributed by atoms with Crippen LogP contribution >= 0.6 is 0 Å². The smallest absolute Gasteiger partial charge is 0.336 e. The molecule has 5 nitrogen and oxygen atoms in total. The third kappa shape index (κ3) is 2.31. The highest BCUT2D eigenvalue weighted by Gasteiger charge is 2.69. The number of aliphatic hydroxyl groups excluding tert-OH is 1. The van der Waals surface area contributed by atoms with Crippen molar-refractivity contribution in [2.75, 3.05) is 6.61 Å². The molecule has 0 aromatic carbocycles. The van der Waals surface area contributed by atoms with E-state index in [2.05, 4.69) is 6.92 Å². The van der Waals surface area contributed by atoms with Crippen LogP contribution in [0.2, 0.25) is 0 Å². The van der Waals surface area contributed by atoms with Gasteiger partial charge in [-0.3, -0.25) is 4.79 Å². The van der Waals surface area contributed by atoms with Gasteiger partial charge in [0.05, 0.1) is 6.10 Å². The number of aliphatic carboxylic acids is 1. The number of carboxylic acids is 1. The molecule has 7 atom stereocenters. The molecule has 148 valence electrons. The van der Waals surface area contributed by atoms with Gasteiger partial charge in [-0.1, -0.05) is 25.5 Å². The molecule has 0 aromatic rings. The molecule has 0 saturated heterocycles. The van der Waals surface area contributed by atoms with Crippen LogP contribution in [0.25, 0.3) is 0 Å². The summed E-state index contributed by atoms with van der Waals surface area (Å²) in [6, 6.07) is 0. The molecule has 5 heteroatoms. The number of rotatable bonds is 3. The highest BCUT2D eigenvalue weighted by Crippen LogP contribution is 2.67. The summed E-state index contributed by atoms with van der Waals surface area (Å²) in [5.74, 6) is -0.409. The summed E-state index contributed by atoms with van der Waals surface area (Å²) in [6.45, 7) is 6.34. The lowest BCUT2D eigenvalue weighted by atomic mass is 9.46. The van der Waals surface area contributed by atoms with Gasteiger partial charge in [-0.15, -0.1) is 0 Å². The fraction of sp³-hybridized carbons (Fsp3) is 0.727. The molecule has 2 N–H and O–H groups in total. The van der Waals surface area contributed by atoms with Crippen LogP contribution in [0.5, 0.6) is 0 Å². The number of carbonyl (C=O) groups excluding carboxylic acids is 1. The summed E-state index contributed by atoms with van der Waals surface area (Å²) in [5, 5.41) is 21.4. The first-order chi connectivity index (χ1) is 12.7. The van der Waals surface area contributed by atoms with Gasteiger partial charge in [0.25, 0.3) is 0 Å². The van der Waals surface area contributed by atoms with E-state index in [1.165, 1.54) is 0 Å². The predicted octanol–water partition coefficient (Wildman–Crippen LogP) is 3.13. The molecule has 2 unspecified atom stereocenters. The maximum Gasteiger partial charge on any atom is 0.336 e. The van der Waals surface area contributed by atoms with E-state index < -0.39 is 23.1 Å². The van der Waals surface area contributed by atoms with Crippen molar-refractivity contribution < 1.29 is 24.5 Å². The van der Waals surface area contributed by atoms with Gasteiger partial charge in [-0.05, 0) is 63.0 Å². The van der Waals surface area contributed by atoms with Crippen LogP contribution in [-0.2, 0) is 14.3 Å². The number of aliphatic hydroxyl groups is 1. The van der Waals surface area contributed by atoms with Crippen molar-refractivity contribution in [3.05, 3.63) is 23.8 Å². The molecule has 4 aliphatic rings. The maximum atomic E-state index is 12.3. The van der Waals surface area contributed by atoms with Crippen molar-refractivity contribution in [1.29, 1.82) is 0 Å². The standard InChI is InChI=1S/C22H30O5/c1-4-27-22(19(25)26)10-8-16-15-6-5-13-11-14(23)7-9-20(13,2)18(15)17(24)12-21(16,22)3/h7,9,11,15-18,24H,4-6,8,10,12H2,1-3H3,(H,25,26)/t15-,16-,17?,18-,20-,21-,22?/m0/s1. The minimum absolute atomic E-state index is 0.0196. The van der Waals surface area contributed by atoms with Crippen molar-refractivity contribution in [3.8, 4) is 0 Å². The van der Waals surface area contributed by atoms with E-state index in [9.17, 15) is 19.8 Å². The first kappa shape index (κ1) is 18.9. The summed E-state index contributed by atoms with van der Waals surface area (Å²) in [7, 11) is 0. The zero-order valence-electron chi connectivity index (χ0n) is 16.4. The lowest BCUT2D eigenvalue weighted by Crippen LogP contribution is -2.62. The molecule has 0 bridgehead atoms. The molecule has 4 rings (SSSR count). The van der Waals surface area contributed by atoms with Crippen LogP contribution in [0.1, 0.15) is 52.9 Å². The van der Waals surface area contributed by atoms with Gasteiger partial charge in [0.1, 0.15) is 0 Å². The first-order valence-electron chi connectivity index (χ1n) is 10.2. The molecule has 0 aliphatic heterocycles. The minimum Gasteiger partial charge on any atom is -0.479 e. The Bertz CT molecular complexity index is 739. The quantitative estimate of drug-likeness (QED) is 0.793. The zero-order chi connectivity index (χ0) is 19.6. The second-order valence-corrected chi connectivity index (χ2v) is 9.32. The van der Waals surface area contributed by atoms with Crippen LogP contribution in [0.4, 0.5) is 0 Å². The predicted molar refractivity (Wildman–Crippen MR) is 100.0 cm³/mol. The Hall–Kier alpha value is -1.46. The molecule has 27 heavy (non-hydrogen) atoms. The van der Waals surface area contributed by atoms with Gasteiger partial charge < -0.3 is 14.9 Å². The number of allylic oxidation sites excluding steroid dienone is 4. The normalized spacial score (nSPS) is 48.4. The molecule has 0 heterocycles. The summed E-state index contributed by atoms with van der Waals surface area (Å²) in [5.41, 5.74) is -1.00. The number of ether oxygens (including phenoxy) is 1.